The zero-order chi connectivity index (χ0) is 18.8. The smallest absolute Gasteiger partial charge is 0.349 e. The summed E-state index contributed by atoms with van der Waals surface area (Å²) in [6.07, 6.45) is -3.44. The molecule has 0 spiro atoms. The Kier molecular flexibility index (Phi) is 5.10. The Bertz CT molecular complexity index is 784. The molecule has 1 aromatic carbocycles. The lowest BCUT2D eigenvalue weighted by Crippen LogP contribution is -2.33. The van der Waals surface area contributed by atoms with E-state index in [1.54, 1.807) is 13.8 Å². The summed E-state index contributed by atoms with van der Waals surface area (Å²) in [4.78, 5) is 22.1. The van der Waals surface area contributed by atoms with Crippen molar-refractivity contribution in [2.45, 2.75) is 32.5 Å². The largest absolute Gasteiger partial charge is 0.434 e. The molecule has 0 aliphatic carbocycles. The minimum Gasteiger partial charge on any atom is -0.349 e. The second-order valence-electron chi connectivity index (χ2n) is 5.37. The first-order valence-electron chi connectivity index (χ1n) is 7.36. The van der Waals surface area contributed by atoms with Crippen LogP contribution in [0.3, 0.4) is 0 Å². The highest BCUT2D eigenvalue weighted by molar-refractivity contribution is 5.95. The maximum absolute atomic E-state index is 13.5. The highest BCUT2D eigenvalue weighted by Crippen LogP contribution is 2.34. The highest BCUT2D eigenvalue weighted by Gasteiger charge is 2.40. The Morgan fingerprint density at radius 3 is 2.44 bits per heavy atom. The molecule has 0 aliphatic heterocycles. The minimum absolute atomic E-state index is 0.0412. The zero-order valence-corrected chi connectivity index (χ0v) is 13.4. The summed E-state index contributed by atoms with van der Waals surface area (Å²) in [6.45, 7) is 3.46. The van der Waals surface area contributed by atoms with Crippen molar-refractivity contribution in [1.29, 1.82) is 0 Å². The maximum Gasteiger partial charge on any atom is 0.434 e. The molecule has 0 unspecified atom stereocenters. The van der Waals surface area contributed by atoms with Gasteiger partial charge in [0.05, 0.1) is 22.4 Å². The fraction of sp³-hybridized carbons (Fsp3) is 0.333. The van der Waals surface area contributed by atoms with E-state index in [0.717, 1.165) is 30.5 Å². The molecule has 1 heterocycles. The summed E-state index contributed by atoms with van der Waals surface area (Å²) < 4.78 is 40.9. The molecule has 25 heavy (non-hydrogen) atoms. The van der Waals surface area contributed by atoms with Crippen LogP contribution in [0.4, 0.5) is 18.9 Å². The van der Waals surface area contributed by atoms with Crippen LogP contribution in [0.1, 0.15) is 36.3 Å². The molecule has 2 rings (SSSR count). The van der Waals surface area contributed by atoms with E-state index in [1.165, 1.54) is 0 Å². The van der Waals surface area contributed by atoms with E-state index in [-0.39, 0.29) is 17.4 Å². The number of amides is 1. The van der Waals surface area contributed by atoms with Crippen LogP contribution in [0.5, 0.6) is 0 Å². The molecule has 10 heteroatoms. The van der Waals surface area contributed by atoms with Crippen LogP contribution in [-0.2, 0) is 6.18 Å². The molecule has 0 bridgehead atoms. The summed E-state index contributed by atoms with van der Waals surface area (Å²) in [5.74, 6) is -0.880. The van der Waals surface area contributed by atoms with Gasteiger partial charge in [-0.3, -0.25) is 14.9 Å². The summed E-state index contributed by atoms with van der Waals surface area (Å²) in [5.41, 5.74) is -2.15. The van der Waals surface area contributed by atoms with Crippen LogP contribution in [0.2, 0.25) is 0 Å². The standard InChI is InChI=1S/C15H15F3N4O3/c1-3-9(2)20-14(23)12-8-19-21(13(12)15(16,17)18)10-4-6-11(7-5-10)22(24)25/h4-9H,3H2,1-2H3,(H,20,23)/t9-/m0/s1. The molecule has 1 aromatic heterocycles. The first-order valence-corrected chi connectivity index (χ1v) is 7.36. The third kappa shape index (κ3) is 3.95. The number of alkyl halides is 3. The number of nitrogens with one attached hydrogen (secondary N) is 1. The zero-order valence-electron chi connectivity index (χ0n) is 13.4. The number of halogens is 3. The van der Waals surface area contributed by atoms with Gasteiger partial charge in [0.1, 0.15) is 0 Å². The van der Waals surface area contributed by atoms with Gasteiger partial charge in [-0.1, -0.05) is 6.92 Å². The quantitative estimate of drug-likeness (QED) is 0.657. The Morgan fingerprint density at radius 1 is 1.36 bits per heavy atom. The number of hydrogen-bond acceptors (Lipinski definition) is 4. The number of nitro benzene ring substituents is 1. The van der Waals surface area contributed by atoms with Crippen LogP contribution >= 0.6 is 0 Å². The number of benzene rings is 1. The van der Waals surface area contributed by atoms with Gasteiger partial charge in [-0.15, -0.1) is 0 Å². The Morgan fingerprint density at radius 2 is 1.96 bits per heavy atom. The van der Waals surface area contributed by atoms with Gasteiger partial charge in [0.25, 0.3) is 11.6 Å². The van der Waals surface area contributed by atoms with Gasteiger partial charge in [0.15, 0.2) is 5.69 Å². The molecular weight excluding hydrogens is 341 g/mol. The van der Waals surface area contributed by atoms with Gasteiger partial charge in [0, 0.05) is 18.2 Å². The van der Waals surface area contributed by atoms with Gasteiger partial charge in [-0.05, 0) is 25.5 Å². The van der Waals surface area contributed by atoms with E-state index in [4.69, 9.17) is 0 Å². The van der Waals surface area contributed by atoms with E-state index in [1.807, 2.05) is 0 Å². The van der Waals surface area contributed by atoms with Crippen molar-refractivity contribution in [2.75, 3.05) is 0 Å². The van der Waals surface area contributed by atoms with E-state index in [0.29, 0.717) is 11.1 Å². The molecule has 0 radical (unpaired) electrons. The van der Waals surface area contributed by atoms with E-state index >= 15 is 0 Å². The predicted molar refractivity (Wildman–Crippen MR) is 82.4 cm³/mol. The number of carbonyl (C=O) groups excluding carboxylic acids is 1. The van der Waals surface area contributed by atoms with Crippen molar-refractivity contribution in [3.05, 3.63) is 51.8 Å². The second kappa shape index (κ2) is 6.91. The van der Waals surface area contributed by atoms with Crippen molar-refractivity contribution in [3.63, 3.8) is 0 Å². The second-order valence-corrected chi connectivity index (χ2v) is 5.37. The number of aromatic nitrogens is 2. The van der Waals surface area contributed by atoms with Crippen molar-refractivity contribution in [1.82, 2.24) is 15.1 Å². The molecule has 2 aromatic rings. The number of hydrogen-bond donors (Lipinski definition) is 1. The van der Waals surface area contributed by atoms with Crippen LogP contribution in [0.15, 0.2) is 30.5 Å². The van der Waals surface area contributed by atoms with E-state index < -0.39 is 28.3 Å². The van der Waals surface area contributed by atoms with Gasteiger partial charge in [-0.2, -0.15) is 18.3 Å². The predicted octanol–water partition coefficient (Wildman–Crippen LogP) is 3.33. The molecule has 134 valence electrons. The van der Waals surface area contributed by atoms with Crippen molar-refractivity contribution in [2.24, 2.45) is 0 Å². The summed E-state index contributed by atoms with van der Waals surface area (Å²) in [5, 5.41) is 16.8. The van der Waals surface area contributed by atoms with Gasteiger partial charge >= 0.3 is 6.18 Å². The molecule has 0 saturated carbocycles. The van der Waals surface area contributed by atoms with Crippen LogP contribution in [0, 0.1) is 10.1 Å². The monoisotopic (exact) mass is 356 g/mol. The normalized spacial score (nSPS) is 12.7. The summed E-state index contributed by atoms with van der Waals surface area (Å²) >= 11 is 0. The SMILES string of the molecule is CC[C@H](C)NC(=O)c1cnn(-c2ccc([N+](=O)[O-])cc2)c1C(F)(F)F. The Hall–Kier alpha value is -2.91. The number of nitro groups is 1. The van der Waals surface area contributed by atoms with Crippen LogP contribution < -0.4 is 5.32 Å². The van der Waals surface area contributed by atoms with Gasteiger partial charge < -0.3 is 5.32 Å². The average Bonchev–Trinajstić information content (AvgIpc) is 3.00. The van der Waals surface area contributed by atoms with Crippen LogP contribution in [0.25, 0.3) is 5.69 Å². The van der Waals surface area contributed by atoms with Crippen molar-refractivity contribution >= 4 is 11.6 Å². The maximum atomic E-state index is 13.5. The van der Waals surface area contributed by atoms with Gasteiger partial charge in [0.2, 0.25) is 0 Å². The van der Waals surface area contributed by atoms with Crippen LogP contribution in [-0.4, -0.2) is 26.7 Å². The van der Waals surface area contributed by atoms with Crippen molar-refractivity contribution < 1.29 is 22.9 Å². The first kappa shape index (κ1) is 18.4. The fourth-order valence-corrected chi connectivity index (χ4v) is 2.10. The van der Waals surface area contributed by atoms with E-state index in [9.17, 15) is 28.1 Å². The molecule has 1 N–H and O–H groups in total. The lowest BCUT2D eigenvalue weighted by atomic mass is 10.2. The Labute approximate surface area is 140 Å². The summed E-state index contributed by atoms with van der Waals surface area (Å²) in [6, 6.07) is 4.11. The number of rotatable bonds is 5. The van der Waals surface area contributed by atoms with Crippen molar-refractivity contribution in [3.8, 4) is 5.69 Å². The molecular formula is C15H15F3N4O3. The van der Waals surface area contributed by atoms with Gasteiger partial charge in [-0.25, -0.2) is 4.68 Å². The molecule has 1 amide bonds. The lowest BCUT2D eigenvalue weighted by molar-refractivity contribution is -0.384. The minimum atomic E-state index is -4.83. The fourth-order valence-electron chi connectivity index (χ4n) is 2.10. The number of non-ortho nitro benzene ring substituents is 1. The third-order valence-electron chi connectivity index (χ3n) is 3.58. The molecule has 0 saturated heterocycles. The number of carbonyl (C=O) groups is 1. The summed E-state index contributed by atoms with van der Waals surface area (Å²) in [7, 11) is 0. The Balaban J connectivity index is 2.49. The average molecular weight is 356 g/mol. The topological polar surface area (TPSA) is 90.1 Å². The molecule has 0 fully saturated rings. The van der Waals surface area contributed by atoms with E-state index in [2.05, 4.69) is 10.4 Å². The molecule has 7 nitrogen and oxygen atoms in total. The molecule has 0 aliphatic rings. The highest BCUT2D eigenvalue weighted by atomic mass is 19.4. The lowest BCUT2D eigenvalue weighted by Gasteiger charge is -2.14. The third-order valence-corrected chi connectivity index (χ3v) is 3.58. The molecule has 1 atom stereocenters. The first-order chi connectivity index (χ1) is 11.6. The number of nitrogens with zero attached hydrogens (tertiary/aromatic N) is 3.